The van der Waals surface area contributed by atoms with Gasteiger partial charge in [0.25, 0.3) is 0 Å². The Hall–Kier alpha value is -2.67. The van der Waals surface area contributed by atoms with Crippen LogP contribution >= 0.6 is 0 Å². The number of aryl methyl sites for hydroxylation is 1. The predicted octanol–water partition coefficient (Wildman–Crippen LogP) is 1.81. The summed E-state index contributed by atoms with van der Waals surface area (Å²) in [6.45, 7) is 2.03. The van der Waals surface area contributed by atoms with Crippen molar-refractivity contribution in [2.75, 3.05) is 6.61 Å². The Bertz CT molecular complexity index is 785. The zero-order valence-electron chi connectivity index (χ0n) is 13.5. The molecule has 0 spiro atoms. The minimum absolute atomic E-state index is 0.210. The van der Waals surface area contributed by atoms with Crippen LogP contribution in [0.5, 0.6) is 6.01 Å². The third kappa shape index (κ3) is 3.03. The van der Waals surface area contributed by atoms with Crippen molar-refractivity contribution in [2.45, 2.75) is 25.6 Å². The minimum Gasteiger partial charge on any atom is -0.468 e. The third-order valence-corrected chi connectivity index (χ3v) is 4.33. The molecule has 7 heteroatoms. The van der Waals surface area contributed by atoms with Crippen LogP contribution in [0.3, 0.4) is 0 Å². The van der Waals surface area contributed by atoms with E-state index in [4.69, 9.17) is 9.15 Å². The van der Waals surface area contributed by atoms with Crippen molar-refractivity contribution >= 4 is 0 Å². The first-order valence-electron chi connectivity index (χ1n) is 7.95. The smallest absolute Gasteiger partial charge is 0.316 e. The van der Waals surface area contributed by atoms with E-state index in [1.807, 2.05) is 25.5 Å². The van der Waals surface area contributed by atoms with Crippen LogP contribution in [0.2, 0.25) is 0 Å². The predicted molar refractivity (Wildman–Crippen MR) is 86.2 cm³/mol. The maximum Gasteiger partial charge on any atom is 0.316 e. The molecule has 1 aliphatic rings. The van der Waals surface area contributed by atoms with Crippen LogP contribution < -0.4 is 4.74 Å². The lowest BCUT2D eigenvalue weighted by molar-refractivity contribution is 0.0955. The van der Waals surface area contributed by atoms with Gasteiger partial charge >= 0.3 is 6.01 Å². The number of ether oxygens (including phenoxy) is 1. The molecule has 0 bridgehead atoms. The standard InChI is InChI=1S/C17H19N5O2/c1-21-12-20-15-10-22(9-14-4-2-7-23-14)13(8-16(15)21)11-24-17-18-5-3-6-19-17/h2-7,12-13H,8-11H2,1H3/t13-/m1/s1. The van der Waals surface area contributed by atoms with Gasteiger partial charge in [-0.3, -0.25) is 4.90 Å². The van der Waals surface area contributed by atoms with Gasteiger partial charge in [-0.1, -0.05) is 0 Å². The maximum atomic E-state index is 5.80. The summed E-state index contributed by atoms with van der Waals surface area (Å²) < 4.78 is 13.4. The van der Waals surface area contributed by atoms with Crippen molar-refractivity contribution in [1.29, 1.82) is 0 Å². The fourth-order valence-electron chi connectivity index (χ4n) is 3.05. The van der Waals surface area contributed by atoms with Gasteiger partial charge in [0.1, 0.15) is 12.4 Å². The summed E-state index contributed by atoms with van der Waals surface area (Å²) in [6.07, 6.45) is 7.82. The molecule has 0 saturated carbocycles. The lowest BCUT2D eigenvalue weighted by atomic mass is 10.0. The summed E-state index contributed by atoms with van der Waals surface area (Å²) in [6, 6.07) is 6.30. The van der Waals surface area contributed by atoms with Gasteiger partial charge in [-0.2, -0.15) is 0 Å². The SMILES string of the molecule is Cn1cnc2c1C[C@H](COc1ncccn1)N(Cc1ccco1)C2. The fraction of sp³-hybridized carbons (Fsp3) is 0.353. The first-order valence-corrected chi connectivity index (χ1v) is 7.95. The van der Waals surface area contributed by atoms with Gasteiger partial charge in [0.15, 0.2) is 0 Å². The number of fused-ring (bicyclic) bond motifs is 1. The lowest BCUT2D eigenvalue weighted by Crippen LogP contribution is -2.44. The van der Waals surface area contributed by atoms with E-state index in [1.165, 1.54) is 5.69 Å². The molecule has 3 aromatic rings. The average molecular weight is 325 g/mol. The van der Waals surface area contributed by atoms with Crippen LogP contribution in [-0.4, -0.2) is 37.1 Å². The Balaban J connectivity index is 1.52. The molecule has 0 radical (unpaired) electrons. The molecule has 0 saturated heterocycles. The lowest BCUT2D eigenvalue weighted by Gasteiger charge is -2.34. The van der Waals surface area contributed by atoms with Crippen molar-refractivity contribution in [3.63, 3.8) is 0 Å². The van der Waals surface area contributed by atoms with E-state index < -0.39 is 0 Å². The topological polar surface area (TPSA) is 69.2 Å². The van der Waals surface area contributed by atoms with Crippen molar-refractivity contribution in [1.82, 2.24) is 24.4 Å². The molecule has 1 aliphatic heterocycles. The van der Waals surface area contributed by atoms with E-state index in [2.05, 4.69) is 24.4 Å². The van der Waals surface area contributed by atoms with Gasteiger partial charge in [-0.15, -0.1) is 0 Å². The molecular formula is C17H19N5O2. The van der Waals surface area contributed by atoms with Gasteiger partial charge in [0.2, 0.25) is 0 Å². The molecule has 124 valence electrons. The number of rotatable bonds is 5. The average Bonchev–Trinajstić information content (AvgIpc) is 3.24. The van der Waals surface area contributed by atoms with Crippen molar-refractivity contribution in [3.05, 3.63) is 60.3 Å². The normalized spacial score (nSPS) is 17.6. The molecular weight excluding hydrogens is 306 g/mol. The van der Waals surface area contributed by atoms with E-state index in [0.717, 1.165) is 31.0 Å². The van der Waals surface area contributed by atoms with Gasteiger partial charge < -0.3 is 13.7 Å². The molecule has 0 N–H and O–H groups in total. The van der Waals surface area contributed by atoms with E-state index in [9.17, 15) is 0 Å². The van der Waals surface area contributed by atoms with E-state index in [1.54, 1.807) is 24.7 Å². The van der Waals surface area contributed by atoms with Gasteiger partial charge in [-0.25, -0.2) is 15.0 Å². The Labute approximate surface area is 139 Å². The van der Waals surface area contributed by atoms with Crippen molar-refractivity contribution in [2.24, 2.45) is 7.05 Å². The first kappa shape index (κ1) is 14.9. The molecule has 3 aromatic heterocycles. The Kier molecular flexibility index (Phi) is 4.00. The number of imidazole rings is 1. The molecule has 24 heavy (non-hydrogen) atoms. The highest BCUT2D eigenvalue weighted by atomic mass is 16.5. The second kappa shape index (κ2) is 6.45. The van der Waals surface area contributed by atoms with Gasteiger partial charge in [0, 0.05) is 38.1 Å². The van der Waals surface area contributed by atoms with E-state index in [0.29, 0.717) is 12.6 Å². The summed E-state index contributed by atoms with van der Waals surface area (Å²) >= 11 is 0. The molecule has 0 amide bonds. The zero-order chi connectivity index (χ0) is 16.4. The molecule has 0 fully saturated rings. The molecule has 0 aromatic carbocycles. The summed E-state index contributed by atoms with van der Waals surface area (Å²) in [5.74, 6) is 0.940. The number of hydrogen-bond donors (Lipinski definition) is 0. The summed E-state index contributed by atoms with van der Waals surface area (Å²) in [4.78, 5) is 15.1. The zero-order valence-corrected chi connectivity index (χ0v) is 13.5. The van der Waals surface area contributed by atoms with Crippen LogP contribution in [0, 0.1) is 0 Å². The van der Waals surface area contributed by atoms with Crippen molar-refractivity contribution in [3.8, 4) is 6.01 Å². The highest BCUT2D eigenvalue weighted by Crippen LogP contribution is 2.24. The number of furan rings is 1. The van der Waals surface area contributed by atoms with Gasteiger partial charge in [0.05, 0.1) is 30.9 Å². The number of nitrogens with zero attached hydrogens (tertiary/aromatic N) is 5. The second-order valence-electron chi connectivity index (χ2n) is 5.93. The maximum absolute atomic E-state index is 5.80. The molecule has 1 atom stereocenters. The minimum atomic E-state index is 0.210. The Morgan fingerprint density at radius 3 is 2.92 bits per heavy atom. The third-order valence-electron chi connectivity index (χ3n) is 4.33. The molecule has 4 rings (SSSR count). The summed E-state index contributed by atoms with van der Waals surface area (Å²) in [5, 5.41) is 0. The molecule has 7 nitrogen and oxygen atoms in total. The molecule has 4 heterocycles. The van der Waals surface area contributed by atoms with Crippen LogP contribution in [0.15, 0.2) is 47.6 Å². The first-order chi connectivity index (χ1) is 11.8. The van der Waals surface area contributed by atoms with E-state index >= 15 is 0 Å². The van der Waals surface area contributed by atoms with Gasteiger partial charge in [-0.05, 0) is 18.2 Å². The fourth-order valence-corrected chi connectivity index (χ4v) is 3.05. The summed E-state index contributed by atoms with van der Waals surface area (Å²) in [5.41, 5.74) is 2.38. The Morgan fingerprint density at radius 1 is 1.25 bits per heavy atom. The monoisotopic (exact) mass is 325 g/mol. The van der Waals surface area contributed by atoms with E-state index in [-0.39, 0.29) is 6.04 Å². The van der Waals surface area contributed by atoms with Crippen LogP contribution in [0.25, 0.3) is 0 Å². The largest absolute Gasteiger partial charge is 0.468 e. The Morgan fingerprint density at radius 2 is 2.12 bits per heavy atom. The quantitative estimate of drug-likeness (QED) is 0.712. The van der Waals surface area contributed by atoms with Crippen LogP contribution in [0.4, 0.5) is 0 Å². The second-order valence-corrected chi connectivity index (χ2v) is 5.93. The highest BCUT2D eigenvalue weighted by Gasteiger charge is 2.30. The summed E-state index contributed by atoms with van der Waals surface area (Å²) in [7, 11) is 2.03. The van der Waals surface area contributed by atoms with Crippen LogP contribution in [0.1, 0.15) is 17.1 Å². The molecule has 0 unspecified atom stereocenters. The number of hydrogen-bond acceptors (Lipinski definition) is 6. The highest BCUT2D eigenvalue weighted by molar-refractivity contribution is 5.18. The number of aromatic nitrogens is 4. The molecule has 0 aliphatic carbocycles. The van der Waals surface area contributed by atoms with Crippen LogP contribution in [-0.2, 0) is 26.6 Å². The van der Waals surface area contributed by atoms with Crippen molar-refractivity contribution < 1.29 is 9.15 Å².